The van der Waals surface area contributed by atoms with Crippen LogP contribution in [0.4, 0.5) is 17.6 Å². The normalized spacial score (nSPS) is 36.5. The number of rotatable bonds is 38. The smallest absolute Gasteiger partial charge is 0.394 e. The lowest BCUT2D eigenvalue weighted by molar-refractivity contribution is -0.396. The lowest BCUT2D eigenvalue weighted by Crippen LogP contribution is -2.67. The number of halogens is 5. The summed E-state index contributed by atoms with van der Waals surface area (Å²) >= 11 is 5.80. The van der Waals surface area contributed by atoms with Gasteiger partial charge in [0, 0.05) is 30.2 Å². The molecule has 1 aromatic carbocycles. The molecule has 33 heteroatoms. The van der Waals surface area contributed by atoms with Crippen LogP contribution in [0, 0.1) is 17.7 Å². The highest BCUT2D eigenvalue weighted by atomic mass is 35.5. The van der Waals surface area contributed by atoms with E-state index in [0.717, 1.165) is 44.3 Å². The molecule has 28 atom stereocenters. The maximum Gasteiger partial charge on any atom is 0.416 e. The number of carbonyl (C=O) groups is 1. The Hall–Kier alpha value is -2.60. The van der Waals surface area contributed by atoms with E-state index in [1.807, 2.05) is 0 Å². The molecule has 0 saturated carbocycles. The molecule has 5 aliphatic heterocycles. The Balaban J connectivity index is 1.18. The SMILES string of the molecule is CCCCCCCCCCCCCCCCCC(=O)N[C@@H](CO[C@@H]1OC(CO)[C@@H](O[C@@H]2OC(CO)[C@H](O[C@@H]3OC(CO)[C@H](O)[C@H](O[C@@H]4OC(CO)[C@H](O)[C@H](O)C4O)C3C)[C@H](OC3C[C@@H](O)[C@@H](C)C([C@H](O)[C@H](O)CO)O3)C2O)[C@H](O)C1O)[C@H](O)/C=C/c1cc(C(F)(F)F)cc(Cl)c1F. The molecule has 1 aromatic rings. The van der Waals surface area contributed by atoms with Gasteiger partial charge in [-0.1, -0.05) is 134 Å². The zero-order valence-electron chi connectivity index (χ0n) is 54.8. The van der Waals surface area contributed by atoms with Crippen LogP contribution in [0.25, 0.3) is 6.08 Å². The Bertz CT molecular complexity index is 2470. The Morgan fingerprint density at radius 3 is 1.68 bits per heavy atom. The first-order chi connectivity index (χ1) is 46.1. The zero-order valence-corrected chi connectivity index (χ0v) is 55.5. The minimum absolute atomic E-state index is 0.0418. The van der Waals surface area contributed by atoms with Crippen LogP contribution < -0.4 is 5.32 Å². The number of unbranched alkanes of at least 4 members (excludes halogenated alkanes) is 14. The molecule has 28 nitrogen and oxygen atoms in total. The van der Waals surface area contributed by atoms with Crippen molar-refractivity contribution >= 4 is 23.6 Å². The fourth-order valence-corrected chi connectivity index (χ4v) is 12.8. The fourth-order valence-electron chi connectivity index (χ4n) is 12.6. The van der Waals surface area contributed by atoms with Crippen LogP contribution in [-0.4, -0.2) is 287 Å². The van der Waals surface area contributed by atoms with Crippen molar-refractivity contribution in [1.29, 1.82) is 0 Å². The average Bonchev–Trinajstić information content (AvgIpc) is 0.771. The third-order valence-electron chi connectivity index (χ3n) is 18.6. The monoisotopic (exact) mass is 1430 g/mol. The highest BCUT2D eigenvalue weighted by Gasteiger charge is 2.57. The standard InChI is InChI=1S/C64H104ClF4NO27/c1-4-5-6-7-8-9-10-11-12-13-14-15-16-17-18-19-44(79)70-36(37(76)21-20-33-22-34(64(67,68)69)23-35(65)46(33)66)30-88-61-53(86)51(84)57(42(28-74)91-61)96-63-54(87)59(94-45-24-38(77)31(2)55(93-45)47(80)39(78)25-71)58(43(29-75)92-63)97-60-32(3)56(49(82)41(27-73)89-60)95-62-52(85)50(83)48(81)40(26-72)90-62/h20-23,31-32,36-43,45,47-63,71-78,80-87H,4-19,24-30H2,1-3H3,(H,70,79)/b21-20+/t31-,32?,36+,37-,38-,39-,40?,41?,42?,43?,45?,47-,48+,49+,50+,51-,52?,53?,54?,55?,56-,57-,58+,59-,60+,61-,62+,63+/m1/s1. The molecule has 0 spiro atoms. The number of hydrogen-bond donors (Lipinski definition) is 17. The van der Waals surface area contributed by atoms with E-state index < -0.39 is 252 Å². The number of ether oxygens (including phenoxy) is 10. The number of aliphatic hydroxyl groups excluding tert-OH is 16. The van der Waals surface area contributed by atoms with Gasteiger partial charge in [0.1, 0.15) is 103 Å². The minimum Gasteiger partial charge on any atom is -0.394 e. The number of aliphatic hydroxyl groups is 16. The van der Waals surface area contributed by atoms with Crippen LogP contribution in [0.5, 0.6) is 0 Å². The van der Waals surface area contributed by atoms with E-state index in [2.05, 4.69) is 12.2 Å². The fraction of sp³-hybridized carbons (Fsp3) is 0.859. The molecule has 5 saturated heterocycles. The second kappa shape index (κ2) is 40.5. The molecule has 17 N–H and O–H groups in total. The van der Waals surface area contributed by atoms with Gasteiger partial charge in [0.05, 0.1) is 80.7 Å². The first-order valence-corrected chi connectivity index (χ1v) is 34.1. The molecule has 5 fully saturated rings. The number of hydrogen-bond acceptors (Lipinski definition) is 27. The van der Waals surface area contributed by atoms with Crippen LogP contribution in [-0.2, 0) is 58.3 Å². The summed E-state index contributed by atoms with van der Waals surface area (Å²) in [7, 11) is 0. The van der Waals surface area contributed by atoms with Gasteiger partial charge in [-0.2, -0.15) is 13.2 Å². The van der Waals surface area contributed by atoms with Gasteiger partial charge in [-0.3, -0.25) is 4.79 Å². The average molecular weight is 1430 g/mol. The minimum atomic E-state index is -4.94. The van der Waals surface area contributed by atoms with Gasteiger partial charge in [0.25, 0.3) is 0 Å². The first-order valence-electron chi connectivity index (χ1n) is 33.7. The van der Waals surface area contributed by atoms with Crippen molar-refractivity contribution in [3.8, 4) is 0 Å². The predicted octanol–water partition coefficient (Wildman–Crippen LogP) is 0.0330. The van der Waals surface area contributed by atoms with Gasteiger partial charge in [-0.05, 0) is 18.6 Å². The molecular formula is C64H104ClF4NO27. The van der Waals surface area contributed by atoms with Crippen molar-refractivity contribution in [2.24, 2.45) is 11.8 Å². The van der Waals surface area contributed by atoms with Crippen molar-refractivity contribution in [2.45, 2.75) is 296 Å². The number of amides is 1. The highest BCUT2D eigenvalue weighted by molar-refractivity contribution is 6.31. The summed E-state index contributed by atoms with van der Waals surface area (Å²) in [5, 5.41) is 176. The molecule has 0 bridgehead atoms. The number of carbonyl (C=O) groups excluding carboxylic acids is 1. The first kappa shape index (κ1) is 83.3. The van der Waals surface area contributed by atoms with Gasteiger partial charge in [-0.15, -0.1) is 0 Å². The largest absolute Gasteiger partial charge is 0.416 e. The Labute approximate surface area is 565 Å². The van der Waals surface area contributed by atoms with Crippen LogP contribution in [0.3, 0.4) is 0 Å². The van der Waals surface area contributed by atoms with Crippen molar-refractivity contribution in [1.82, 2.24) is 5.32 Å². The van der Waals surface area contributed by atoms with E-state index in [0.29, 0.717) is 25.0 Å². The summed E-state index contributed by atoms with van der Waals surface area (Å²) in [6.07, 6.45) is -32.7. The zero-order chi connectivity index (χ0) is 71.4. The maximum atomic E-state index is 15.1. The molecule has 5 aliphatic rings. The summed E-state index contributed by atoms with van der Waals surface area (Å²) < 4.78 is 116. The Morgan fingerprint density at radius 2 is 1.10 bits per heavy atom. The molecule has 0 radical (unpaired) electrons. The summed E-state index contributed by atoms with van der Waals surface area (Å²) in [4.78, 5) is 13.5. The van der Waals surface area contributed by atoms with Gasteiger partial charge >= 0.3 is 6.18 Å². The molecule has 0 aromatic heterocycles. The summed E-state index contributed by atoms with van der Waals surface area (Å²) in [6, 6.07) is -0.668. The highest BCUT2D eigenvalue weighted by Crippen LogP contribution is 2.40. The van der Waals surface area contributed by atoms with Crippen molar-refractivity contribution in [3.05, 3.63) is 40.2 Å². The summed E-state index contributed by atoms with van der Waals surface area (Å²) in [5.41, 5.74) is -1.97. The van der Waals surface area contributed by atoms with E-state index in [9.17, 15) is 99.7 Å². The third kappa shape index (κ3) is 22.9. The molecule has 10 unspecified atom stereocenters. The van der Waals surface area contributed by atoms with E-state index in [1.54, 1.807) is 0 Å². The van der Waals surface area contributed by atoms with Crippen molar-refractivity contribution < 1.29 is 151 Å². The van der Waals surface area contributed by atoms with Crippen LogP contribution in [0.1, 0.15) is 141 Å². The van der Waals surface area contributed by atoms with Crippen molar-refractivity contribution in [2.75, 3.05) is 39.6 Å². The lowest BCUT2D eigenvalue weighted by Gasteiger charge is -2.51. The van der Waals surface area contributed by atoms with Gasteiger partial charge in [-0.25, -0.2) is 4.39 Å². The second-order valence-corrected chi connectivity index (χ2v) is 26.4. The molecule has 5 heterocycles. The van der Waals surface area contributed by atoms with E-state index in [4.69, 9.17) is 59.0 Å². The quantitative estimate of drug-likeness (QED) is 0.0307. The van der Waals surface area contributed by atoms with E-state index in [-0.39, 0.29) is 6.42 Å². The molecule has 0 aliphatic carbocycles. The number of nitrogens with one attached hydrogen (secondary N) is 1. The topological polar surface area (TPSA) is 445 Å². The molecular weight excluding hydrogens is 1330 g/mol. The van der Waals surface area contributed by atoms with Gasteiger partial charge in [0.2, 0.25) is 5.91 Å². The lowest BCUT2D eigenvalue weighted by atomic mass is 9.87. The van der Waals surface area contributed by atoms with E-state index >= 15 is 4.39 Å². The van der Waals surface area contributed by atoms with Crippen LogP contribution in [0.2, 0.25) is 5.02 Å². The molecule has 97 heavy (non-hydrogen) atoms. The Kier molecular flexibility index (Phi) is 34.8. The van der Waals surface area contributed by atoms with Gasteiger partial charge in [0.15, 0.2) is 31.5 Å². The molecule has 562 valence electrons. The predicted molar refractivity (Wildman–Crippen MR) is 330 cm³/mol. The van der Waals surface area contributed by atoms with Crippen LogP contribution >= 0.6 is 11.6 Å². The summed E-state index contributed by atoms with van der Waals surface area (Å²) in [6.45, 7) is -0.531. The van der Waals surface area contributed by atoms with Gasteiger partial charge < -0.3 is 134 Å². The maximum absolute atomic E-state index is 15.1. The van der Waals surface area contributed by atoms with Crippen molar-refractivity contribution in [3.63, 3.8) is 0 Å². The Morgan fingerprint density at radius 1 is 0.598 bits per heavy atom. The number of alkyl halides is 3. The third-order valence-corrected chi connectivity index (χ3v) is 18.9. The van der Waals surface area contributed by atoms with Crippen LogP contribution in [0.15, 0.2) is 18.2 Å². The molecule has 1 amide bonds. The molecule has 6 rings (SSSR count). The summed E-state index contributed by atoms with van der Waals surface area (Å²) in [5.74, 6) is -4.01. The van der Waals surface area contributed by atoms with E-state index in [1.165, 1.54) is 65.2 Å². The number of benzene rings is 1. The second-order valence-electron chi connectivity index (χ2n) is 25.9.